The smallest absolute Gasteiger partial charge is 0.280 e. The zero-order chi connectivity index (χ0) is 10.0. The fourth-order valence-corrected chi connectivity index (χ4v) is 1.46. The molecule has 0 spiro atoms. The van der Waals surface area contributed by atoms with Gasteiger partial charge in [-0.2, -0.15) is 0 Å². The molecule has 0 unspecified atom stereocenters. The summed E-state index contributed by atoms with van der Waals surface area (Å²) in [6.07, 6.45) is -2.64. The number of hydrogen-bond acceptors (Lipinski definition) is 3. The molecule has 0 aliphatic heterocycles. The molecule has 6 heteroatoms. The van der Waals surface area contributed by atoms with Gasteiger partial charge < -0.3 is 10.8 Å². The highest BCUT2D eigenvalue weighted by Gasteiger charge is 2.14. The van der Waals surface area contributed by atoms with Gasteiger partial charge in [0.25, 0.3) is 6.43 Å². The van der Waals surface area contributed by atoms with Crippen LogP contribution in [-0.4, -0.2) is 10.1 Å². The summed E-state index contributed by atoms with van der Waals surface area (Å²) in [5.41, 5.74) is 4.96. The largest absolute Gasteiger partial charge is 0.505 e. The van der Waals surface area contributed by atoms with Gasteiger partial charge in [0.2, 0.25) is 0 Å². The number of alkyl halides is 2. The van der Waals surface area contributed by atoms with Gasteiger partial charge in [0.1, 0.15) is 5.69 Å². The van der Waals surface area contributed by atoms with Crippen molar-refractivity contribution in [1.82, 2.24) is 4.98 Å². The number of nitrogens with zero attached hydrogens (tertiary/aromatic N) is 1. The Balaban J connectivity index is 3.22. The van der Waals surface area contributed by atoms with Crippen molar-refractivity contribution in [2.45, 2.75) is 13.0 Å². The molecule has 0 aliphatic carbocycles. The van der Waals surface area contributed by atoms with Crippen molar-refractivity contribution in [1.29, 1.82) is 0 Å². The van der Waals surface area contributed by atoms with E-state index in [-0.39, 0.29) is 23.7 Å². The first kappa shape index (κ1) is 10.6. The highest BCUT2D eigenvalue weighted by Crippen LogP contribution is 2.27. The lowest BCUT2D eigenvalue weighted by atomic mass is 10.3. The lowest BCUT2D eigenvalue weighted by Gasteiger charge is -2.06. The summed E-state index contributed by atoms with van der Waals surface area (Å²) < 4.78 is 24.8. The zero-order valence-corrected chi connectivity index (χ0v) is 8.62. The van der Waals surface area contributed by atoms with Crippen LogP contribution in [0.2, 0.25) is 0 Å². The highest BCUT2D eigenvalue weighted by molar-refractivity contribution is 14.1. The average Bonchev–Trinajstić information content (AvgIpc) is 2.09. The molecule has 3 nitrogen and oxygen atoms in total. The molecule has 0 atom stereocenters. The first-order valence-corrected chi connectivity index (χ1v) is 4.50. The summed E-state index contributed by atoms with van der Waals surface area (Å²) in [6, 6.07) is 1.14. The zero-order valence-electron chi connectivity index (χ0n) is 6.47. The Labute approximate surface area is 87.1 Å². The fraction of sp³-hybridized carbons (Fsp3) is 0.286. The minimum atomic E-state index is -2.64. The number of halogens is 3. The Kier molecular flexibility index (Phi) is 3.37. The first-order valence-electron chi connectivity index (χ1n) is 3.42. The summed E-state index contributed by atoms with van der Waals surface area (Å²) in [4.78, 5) is 3.52. The number of hydrogen-bond donors (Lipinski definition) is 2. The summed E-state index contributed by atoms with van der Waals surface area (Å²) in [5, 5.41) is 9.31. The van der Waals surface area contributed by atoms with Crippen LogP contribution in [0.25, 0.3) is 0 Å². The molecule has 1 rings (SSSR count). The number of rotatable bonds is 2. The lowest BCUT2D eigenvalue weighted by Crippen LogP contribution is -2.04. The minimum Gasteiger partial charge on any atom is -0.505 e. The van der Waals surface area contributed by atoms with Gasteiger partial charge in [0, 0.05) is 6.54 Å². The van der Waals surface area contributed by atoms with Crippen LogP contribution >= 0.6 is 22.6 Å². The van der Waals surface area contributed by atoms with E-state index in [0.717, 1.165) is 6.07 Å². The molecule has 0 amide bonds. The summed E-state index contributed by atoms with van der Waals surface area (Å²) in [7, 11) is 0. The number of nitrogens with two attached hydrogens (primary N) is 1. The van der Waals surface area contributed by atoms with E-state index in [1.165, 1.54) is 0 Å². The molecule has 0 fully saturated rings. The molecule has 1 aromatic rings. The normalized spacial score (nSPS) is 10.8. The molecule has 0 saturated carbocycles. The molecule has 0 aliphatic rings. The van der Waals surface area contributed by atoms with Crippen molar-refractivity contribution in [3.63, 3.8) is 0 Å². The number of aromatic hydroxyl groups is 1. The predicted octanol–water partition coefficient (Wildman–Crippen LogP) is 1.79. The fourth-order valence-electron chi connectivity index (χ4n) is 0.831. The van der Waals surface area contributed by atoms with Crippen molar-refractivity contribution < 1.29 is 13.9 Å². The Bertz CT molecular complexity index is 320. The molecule has 1 heterocycles. The molecule has 13 heavy (non-hydrogen) atoms. The van der Waals surface area contributed by atoms with Crippen molar-refractivity contribution in [3.8, 4) is 5.75 Å². The predicted molar refractivity (Wildman–Crippen MR) is 51.5 cm³/mol. The molecule has 0 radical (unpaired) electrons. The van der Waals surface area contributed by atoms with E-state index < -0.39 is 6.43 Å². The van der Waals surface area contributed by atoms with Crippen LogP contribution in [-0.2, 0) is 6.54 Å². The Hall–Kier alpha value is -0.500. The van der Waals surface area contributed by atoms with Gasteiger partial charge in [-0.15, -0.1) is 0 Å². The van der Waals surface area contributed by atoms with E-state index >= 15 is 0 Å². The van der Waals surface area contributed by atoms with E-state index in [2.05, 4.69) is 4.98 Å². The molecule has 0 saturated heterocycles. The second-order valence-electron chi connectivity index (χ2n) is 2.33. The molecule has 1 aromatic heterocycles. The van der Waals surface area contributed by atoms with Gasteiger partial charge in [0.05, 0.1) is 9.26 Å². The molecular weight excluding hydrogens is 293 g/mol. The van der Waals surface area contributed by atoms with E-state index in [1.807, 2.05) is 0 Å². The van der Waals surface area contributed by atoms with Crippen LogP contribution in [0.5, 0.6) is 5.75 Å². The van der Waals surface area contributed by atoms with E-state index in [9.17, 15) is 13.9 Å². The minimum absolute atomic E-state index is 0.0532. The van der Waals surface area contributed by atoms with E-state index in [0.29, 0.717) is 3.57 Å². The van der Waals surface area contributed by atoms with E-state index in [4.69, 9.17) is 5.73 Å². The Morgan fingerprint density at radius 1 is 1.62 bits per heavy atom. The average molecular weight is 300 g/mol. The van der Waals surface area contributed by atoms with Gasteiger partial charge >= 0.3 is 0 Å². The van der Waals surface area contributed by atoms with Gasteiger partial charge in [0.15, 0.2) is 5.75 Å². The molecule has 0 bridgehead atoms. The molecule has 0 aromatic carbocycles. The molecular formula is C7H7F2IN2O. The van der Waals surface area contributed by atoms with Crippen LogP contribution in [0.4, 0.5) is 8.78 Å². The van der Waals surface area contributed by atoms with Gasteiger partial charge in [-0.05, 0) is 28.7 Å². The summed E-state index contributed by atoms with van der Waals surface area (Å²) in [6.45, 7) is -0.0532. The van der Waals surface area contributed by atoms with Crippen LogP contribution in [0.15, 0.2) is 6.07 Å². The third kappa shape index (κ3) is 2.25. The van der Waals surface area contributed by atoms with Crippen LogP contribution in [0, 0.1) is 3.57 Å². The number of aromatic nitrogens is 1. The van der Waals surface area contributed by atoms with Crippen LogP contribution in [0.3, 0.4) is 0 Å². The van der Waals surface area contributed by atoms with Gasteiger partial charge in [-0.1, -0.05) is 0 Å². The van der Waals surface area contributed by atoms with Gasteiger partial charge in [-0.25, -0.2) is 13.8 Å². The van der Waals surface area contributed by atoms with Crippen molar-refractivity contribution in [2.24, 2.45) is 5.73 Å². The molecule has 72 valence electrons. The quantitative estimate of drug-likeness (QED) is 0.819. The second-order valence-corrected chi connectivity index (χ2v) is 3.49. The third-order valence-electron chi connectivity index (χ3n) is 1.46. The monoisotopic (exact) mass is 300 g/mol. The van der Waals surface area contributed by atoms with Crippen molar-refractivity contribution >= 4 is 22.6 Å². The Morgan fingerprint density at radius 2 is 2.23 bits per heavy atom. The van der Waals surface area contributed by atoms with Gasteiger partial charge in [-0.3, -0.25) is 0 Å². The standard InChI is InChI=1S/C7H7F2IN2O/c8-7(9)4-1-3(10)6(13)5(2-11)12-4/h1,7,13H,2,11H2. The highest BCUT2D eigenvalue weighted by atomic mass is 127. The maximum atomic E-state index is 12.2. The molecule has 3 N–H and O–H groups in total. The van der Waals surface area contributed by atoms with E-state index in [1.54, 1.807) is 22.6 Å². The second kappa shape index (κ2) is 4.14. The topological polar surface area (TPSA) is 59.1 Å². The third-order valence-corrected chi connectivity index (χ3v) is 2.28. The van der Waals surface area contributed by atoms with Crippen LogP contribution < -0.4 is 5.73 Å². The van der Waals surface area contributed by atoms with Crippen LogP contribution in [0.1, 0.15) is 17.8 Å². The SMILES string of the molecule is NCc1nc(C(F)F)cc(I)c1O. The summed E-state index contributed by atoms with van der Waals surface area (Å²) >= 11 is 1.75. The maximum absolute atomic E-state index is 12.2. The number of pyridine rings is 1. The lowest BCUT2D eigenvalue weighted by molar-refractivity contribution is 0.145. The maximum Gasteiger partial charge on any atom is 0.280 e. The van der Waals surface area contributed by atoms with Crippen molar-refractivity contribution in [3.05, 3.63) is 21.0 Å². The Morgan fingerprint density at radius 3 is 2.69 bits per heavy atom. The summed E-state index contributed by atoms with van der Waals surface area (Å²) in [5.74, 6) is -0.118. The first-order chi connectivity index (χ1) is 6.06. The van der Waals surface area contributed by atoms with Crippen molar-refractivity contribution in [2.75, 3.05) is 0 Å².